The number of hydrogen-bond donors (Lipinski definition) is 0. The standard InChI is InChI=1S/C32H22/c1-3-11-23-21(9-1)19-31-25(23)15-7-17-29(31)27-13-5-6-14-28(27)30-18-8-16-26-24-12-4-2-10-22(24)20-32(26)30/h1-18H,19-20H2. The molecule has 0 N–H and O–H groups in total. The fourth-order valence-electron chi connectivity index (χ4n) is 5.77. The van der Waals surface area contributed by atoms with Gasteiger partial charge in [0.15, 0.2) is 0 Å². The second-order valence-electron chi connectivity index (χ2n) is 8.88. The van der Waals surface area contributed by atoms with Crippen LogP contribution >= 0.6 is 0 Å². The molecule has 0 aromatic heterocycles. The van der Waals surface area contributed by atoms with Gasteiger partial charge in [-0.3, -0.25) is 0 Å². The molecule has 0 amide bonds. The van der Waals surface area contributed by atoms with Crippen molar-refractivity contribution in [2.24, 2.45) is 0 Å². The Balaban J connectivity index is 1.43. The average molecular weight is 407 g/mol. The lowest BCUT2D eigenvalue weighted by molar-refractivity contribution is 1.26. The minimum absolute atomic E-state index is 1.01. The van der Waals surface area contributed by atoms with Crippen LogP contribution in [0.2, 0.25) is 0 Å². The third-order valence-electron chi connectivity index (χ3n) is 7.21. The van der Waals surface area contributed by atoms with Gasteiger partial charge in [0.2, 0.25) is 0 Å². The van der Waals surface area contributed by atoms with Crippen molar-refractivity contribution in [1.29, 1.82) is 0 Å². The van der Waals surface area contributed by atoms with Crippen LogP contribution in [0.25, 0.3) is 44.5 Å². The first-order valence-electron chi connectivity index (χ1n) is 11.4. The van der Waals surface area contributed by atoms with Crippen LogP contribution in [0.1, 0.15) is 22.3 Å². The number of rotatable bonds is 2. The lowest BCUT2D eigenvalue weighted by Crippen LogP contribution is -1.94. The maximum absolute atomic E-state index is 2.31. The molecule has 0 fully saturated rings. The average Bonchev–Trinajstić information content (AvgIpc) is 3.42. The molecule has 7 rings (SSSR count). The molecule has 32 heavy (non-hydrogen) atoms. The molecule has 2 aliphatic carbocycles. The van der Waals surface area contributed by atoms with E-state index in [-0.39, 0.29) is 0 Å². The van der Waals surface area contributed by atoms with E-state index in [4.69, 9.17) is 0 Å². The van der Waals surface area contributed by atoms with Crippen molar-refractivity contribution >= 4 is 0 Å². The van der Waals surface area contributed by atoms with E-state index in [1.54, 1.807) is 0 Å². The van der Waals surface area contributed by atoms with Gasteiger partial charge in [0.05, 0.1) is 0 Å². The van der Waals surface area contributed by atoms with E-state index in [1.165, 1.54) is 66.8 Å². The molecule has 0 radical (unpaired) electrons. The summed E-state index contributed by atoms with van der Waals surface area (Å²) < 4.78 is 0. The van der Waals surface area contributed by atoms with Gasteiger partial charge in [-0.15, -0.1) is 0 Å². The Bertz CT molecular complexity index is 1400. The highest BCUT2D eigenvalue weighted by Crippen LogP contribution is 2.46. The third kappa shape index (κ3) is 2.50. The molecule has 5 aromatic carbocycles. The van der Waals surface area contributed by atoms with Crippen molar-refractivity contribution in [2.75, 3.05) is 0 Å². The Morgan fingerprint density at radius 3 is 1.03 bits per heavy atom. The van der Waals surface area contributed by atoms with Crippen molar-refractivity contribution in [1.82, 2.24) is 0 Å². The summed E-state index contributed by atoms with van der Waals surface area (Å²) in [6.07, 6.45) is 2.02. The fourth-order valence-corrected chi connectivity index (χ4v) is 5.77. The van der Waals surface area contributed by atoms with Gasteiger partial charge in [-0.1, -0.05) is 109 Å². The van der Waals surface area contributed by atoms with E-state index in [0.29, 0.717) is 0 Å². The third-order valence-corrected chi connectivity index (χ3v) is 7.21. The monoisotopic (exact) mass is 406 g/mol. The van der Waals surface area contributed by atoms with Gasteiger partial charge < -0.3 is 0 Å². The van der Waals surface area contributed by atoms with Crippen LogP contribution < -0.4 is 0 Å². The first kappa shape index (κ1) is 17.7. The Morgan fingerprint density at radius 1 is 0.281 bits per heavy atom. The lowest BCUT2D eigenvalue weighted by Gasteiger charge is -2.16. The van der Waals surface area contributed by atoms with Crippen LogP contribution in [0.4, 0.5) is 0 Å². The van der Waals surface area contributed by atoms with Gasteiger partial charge in [0.1, 0.15) is 0 Å². The molecule has 0 saturated carbocycles. The summed E-state index contributed by atoms with van der Waals surface area (Å²) in [6, 6.07) is 40.3. The van der Waals surface area contributed by atoms with Crippen LogP contribution in [-0.2, 0) is 12.8 Å². The highest BCUT2D eigenvalue weighted by Gasteiger charge is 2.25. The molecule has 150 valence electrons. The predicted molar refractivity (Wildman–Crippen MR) is 134 cm³/mol. The summed E-state index contributed by atoms with van der Waals surface area (Å²) in [6.45, 7) is 0. The summed E-state index contributed by atoms with van der Waals surface area (Å²) in [5, 5.41) is 0. The molecule has 0 unspecified atom stereocenters. The molecule has 2 aliphatic rings. The maximum atomic E-state index is 2.31. The highest BCUT2D eigenvalue weighted by atomic mass is 14.3. The van der Waals surface area contributed by atoms with Crippen LogP contribution in [0.3, 0.4) is 0 Å². The lowest BCUT2D eigenvalue weighted by atomic mass is 9.87. The Hall–Kier alpha value is -3.90. The molecule has 0 saturated heterocycles. The van der Waals surface area contributed by atoms with Crippen molar-refractivity contribution in [3.05, 3.63) is 131 Å². The number of hydrogen-bond acceptors (Lipinski definition) is 0. The van der Waals surface area contributed by atoms with Gasteiger partial charge in [-0.25, -0.2) is 0 Å². The van der Waals surface area contributed by atoms with E-state index < -0.39 is 0 Å². The number of fused-ring (bicyclic) bond motifs is 6. The second-order valence-corrected chi connectivity index (χ2v) is 8.88. The van der Waals surface area contributed by atoms with E-state index in [1.807, 2.05) is 0 Å². The van der Waals surface area contributed by atoms with Crippen LogP contribution in [0, 0.1) is 0 Å². The number of benzene rings is 5. The van der Waals surface area contributed by atoms with E-state index in [9.17, 15) is 0 Å². The van der Waals surface area contributed by atoms with Crippen LogP contribution in [0.15, 0.2) is 109 Å². The Morgan fingerprint density at radius 2 is 0.594 bits per heavy atom. The summed E-state index contributed by atoms with van der Waals surface area (Å²) in [7, 11) is 0. The molecule has 0 heterocycles. The largest absolute Gasteiger partial charge is 0.0619 e. The van der Waals surface area contributed by atoms with E-state index >= 15 is 0 Å². The van der Waals surface area contributed by atoms with Gasteiger partial charge in [-0.05, 0) is 79.6 Å². The summed E-state index contributed by atoms with van der Waals surface area (Å²) in [5.41, 5.74) is 16.7. The van der Waals surface area contributed by atoms with Gasteiger partial charge in [0, 0.05) is 0 Å². The Kier molecular flexibility index (Phi) is 3.77. The zero-order valence-corrected chi connectivity index (χ0v) is 17.8. The van der Waals surface area contributed by atoms with E-state index in [2.05, 4.69) is 109 Å². The molecular weight excluding hydrogens is 384 g/mol. The molecule has 0 aliphatic heterocycles. The van der Waals surface area contributed by atoms with E-state index in [0.717, 1.165) is 12.8 Å². The minimum atomic E-state index is 1.01. The zero-order valence-electron chi connectivity index (χ0n) is 17.8. The summed E-state index contributed by atoms with van der Waals surface area (Å²) in [5.74, 6) is 0. The molecule has 0 spiro atoms. The summed E-state index contributed by atoms with van der Waals surface area (Å²) in [4.78, 5) is 0. The molecule has 5 aromatic rings. The van der Waals surface area contributed by atoms with Crippen molar-refractivity contribution in [3.8, 4) is 44.5 Å². The van der Waals surface area contributed by atoms with Crippen LogP contribution in [-0.4, -0.2) is 0 Å². The Labute approximate surface area is 188 Å². The van der Waals surface area contributed by atoms with Gasteiger partial charge >= 0.3 is 0 Å². The normalized spacial score (nSPS) is 12.8. The molecule has 0 atom stereocenters. The van der Waals surface area contributed by atoms with Gasteiger partial charge in [-0.2, -0.15) is 0 Å². The zero-order chi connectivity index (χ0) is 21.1. The van der Waals surface area contributed by atoms with Crippen molar-refractivity contribution in [3.63, 3.8) is 0 Å². The highest BCUT2D eigenvalue weighted by molar-refractivity contribution is 5.94. The van der Waals surface area contributed by atoms with Crippen molar-refractivity contribution in [2.45, 2.75) is 12.8 Å². The molecule has 0 nitrogen and oxygen atoms in total. The smallest absolute Gasteiger partial charge is 0.000728 e. The quantitative estimate of drug-likeness (QED) is 0.272. The molecule has 0 bridgehead atoms. The summed E-state index contributed by atoms with van der Waals surface area (Å²) >= 11 is 0. The second kappa shape index (κ2) is 6.80. The first-order valence-corrected chi connectivity index (χ1v) is 11.4. The molecular formula is C32H22. The predicted octanol–water partition coefficient (Wildman–Crippen LogP) is 8.16. The minimum Gasteiger partial charge on any atom is -0.0619 e. The maximum Gasteiger partial charge on any atom is -0.000728 e. The topological polar surface area (TPSA) is 0 Å². The van der Waals surface area contributed by atoms with Crippen molar-refractivity contribution < 1.29 is 0 Å². The van der Waals surface area contributed by atoms with Gasteiger partial charge in [0.25, 0.3) is 0 Å². The van der Waals surface area contributed by atoms with Crippen LogP contribution in [0.5, 0.6) is 0 Å². The first-order chi connectivity index (χ1) is 15.9. The fraction of sp³-hybridized carbons (Fsp3) is 0.0625. The SMILES string of the molecule is c1ccc2c(c1)Cc1c-2cccc1-c1ccccc1-c1cccc2c1Cc1ccccc1-2. The molecule has 0 heteroatoms.